The Morgan fingerprint density at radius 3 is 1.92 bits per heavy atom. The largest absolute Gasteiger partial charge is 0.396 e. The highest BCUT2D eigenvalue weighted by molar-refractivity contribution is 4.43. The Bertz CT molecular complexity index is 111. The first-order chi connectivity index (χ1) is 6.24. The summed E-state index contributed by atoms with van der Waals surface area (Å²) in [6.07, 6.45) is 3.39. The Morgan fingerprint density at radius 2 is 1.54 bits per heavy atom. The van der Waals surface area contributed by atoms with Gasteiger partial charge in [-0.25, -0.2) is 0 Å². The number of hydrogen-bond acceptors (Lipinski definition) is 1. The van der Waals surface area contributed by atoms with Gasteiger partial charge < -0.3 is 9.59 Å². The van der Waals surface area contributed by atoms with Crippen molar-refractivity contribution in [2.75, 3.05) is 32.8 Å². The lowest BCUT2D eigenvalue weighted by Gasteiger charge is -2.36. The van der Waals surface area contributed by atoms with Crippen LogP contribution in [0.3, 0.4) is 0 Å². The van der Waals surface area contributed by atoms with Crippen LogP contribution in [0.5, 0.6) is 0 Å². The average Bonchev–Trinajstić information content (AvgIpc) is 2.17. The standard InChI is InChI=1S/C11H26NO/c1-4-9-12(5-2,6-3)10-7-8-11-13/h13H,4-11H2,1-3H3/q+1. The van der Waals surface area contributed by atoms with E-state index in [1.165, 1.54) is 37.1 Å². The summed E-state index contributed by atoms with van der Waals surface area (Å²) in [6, 6.07) is 0. The van der Waals surface area contributed by atoms with E-state index < -0.39 is 0 Å². The summed E-state index contributed by atoms with van der Waals surface area (Å²) < 4.78 is 1.23. The molecular formula is C11H26NO+. The molecule has 0 saturated carbocycles. The zero-order valence-electron chi connectivity index (χ0n) is 9.55. The number of hydrogen-bond donors (Lipinski definition) is 1. The normalized spacial score (nSPS) is 12.0. The fourth-order valence-electron chi connectivity index (χ4n) is 2.00. The van der Waals surface area contributed by atoms with Gasteiger partial charge in [0, 0.05) is 6.61 Å². The maximum Gasteiger partial charge on any atom is 0.0787 e. The van der Waals surface area contributed by atoms with Gasteiger partial charge in [-0.15, -0.1) is 0 Å². The van der Waals surface area contributed by atoms with Crippen LogP contribution in [0.2, 0.25) is 0 Å². The third kappa shape index (κ3) is 4.63. The molecule has 0 spiro atoms. The van der Waals surface area contributed by atoms with Crippen LogP contribution < -0.4 is 0 Å². The molecule has 0 rings (SSSR count). The van der Waals surface area contributed by atoms with E-state index in [0.717, 1.165) is 12.8 Å². The van der Waals surface area contributed by atoms with E-state index in [9.17, 15) is 0 Å². The van der Waals surface area contributed by atoms with Crippen molar-refractivity contribution >= 4 is 0 Å². The summed E-state index contributed by atoms with van der Waals surface area (Å²) >= 11 is 0. The Kier molecular flexibility index (Phi) is 7.29. The number of unbranched alkanes of at least 4 members (excludes halogenated alkanes) is 1. The van der Waals surface area contributed by atoms with E-state index in [4.69, 9.17) is 5.11 Å². The minimum Gasteiger partial charge on any atom is -0.396 e. The minimum atomic E-state index is 0.347. The molecule has 0 atom stereocenters. The number of quaternary nitrogens is 1. The zero-order chi connectivity index (χ0) is 10.2. The Hall–Kier alpha value is -0.0800. The second-order valence-corrected chi connectivity index (χ2v) is 3.85. The van der Waals surface area contributed by atoms with Gasteiger partial charge in [-0.1, -0.05) is 6.92 Å². The van der Waals surface area contributed by atoms with Crippen LogP contribution >= 0.6 is 0 Å². The molecule has 0 radical (unpaired) electrons. The Labute approximate surface area is 83.2 Å². The molecule has 0 aromatic carbocycles. The first-order valence-corrected chi connectivity index (χ1v) is 5.70. The molecule has 2 heteroatoms. The molecular weight excluding hydrogens is 162 g/mol. The first kappa shape index (κ1) is 12.9. The van der Waals surface area contributed by atoms with Crippen molar-refractivity contribution in [3.8, 4) is 0 Å². The van der Waals surface area contributed by atoms with Crippen molar-refractivity contribution in [3.63, 3.8) is 0 Å². The molecule has 1 N–H and O–H groups in total. The number of aliphatic hydroxyl groups excluding tert-OH is 1. The predicted molar refractivity (Wildman–Crippen MR) is 57.7 cm³/mol. The Morgan fingerprint density at radius 1 is 0.923 bits per heavy atom. The van der Waals surface area contributed by atoms with E-state index in [-0.39, 0.29) is 0 Å². The van der Waals surface area contributed by atoms with Crippen LogP contribution in [0.4, 0.5) is 0 Å². The second-order valence-electron chi connectivity index (χ2n) is 3.85. The lowest BCUT2D eigenvalue weighted by atomic mass is 10.2. The maximum absolute atomic E-state index is 8.73. The van der Waals surface area contributed by atoms with Crippen molar-refractivity contribution < 1.29 is 9.59 Å². The molecule has 0 bridgehead atoms. The Balaban J connectivity index is 3.89. The third-order valence-electron chi connectivity index (χ3n) is 3.08. The molecule has 0 unspecified atom stereocenters. The summed E-state index contributed by atoms with van der Waals surface area (Å²) in [7, 11) is 0. The summed E-state index contributed by atoms with van der Waals surface area (Å²) in [6.45, 7) is 12.1. The molecule has 0 aliphatic heterocycles. The molecule has 13 heavy (non-hydrogen) atoms. The highest BCUT2D eigenvalue weighted by Crippen LogP contribution is 2.10. The van der Waals surface area contributed by atoms with Crippen molar-refractivity contribution in [2.24, 2.45) is 0 Å². The molecule has 0 amide bonds. The maximum atomic E-state index is 8.73. The smallest absolute Gasteiger partial charge is 0.0787 e. The van der Waals surface area contributed by atoms with Gasteiger partial charge in [0.1, 0.15) is 0 Å². The van der Waals surface area contributed by atoms with Crippen LogP contribution in [0.15, 0.2) is 0 Å². The van der Waals surface area contributed by atoms with Crippen LogP contribution in [-0.2, 0) is 0 Å². The van der Waals surface area contributed by atoms with Crippen molar-refractivity contribution in [1.29, 1.82) is 0 Å². The molecule has 0 aliphatic rings. The monoisotopic (exact) mass is 188 g/mol. The van der Waals surface area contributed by atoms with Gasteiger partial charge >= 0.3 is 0 Å². The molecule has 80 valence electrons. The van der Waals surface area contributed by atoms with E-state index in [0.29, 0.717) is 6.61 Å². The molecule has 0 saturated heterocycles. The van der Waals surface area contributed by atoms with Gasteiger partial charge in [0.25, 0.3) is 0 Å². The quantitative estimate of drug-likeness (QED) is 0.456. The fraction of sp³-hybridized carbons (Fsp3) is 1.00. The third-order valence-corrected chi connectivity index (χ3v) is 3.08. The second kappa shape index (κ2) is 7.34. The summed E-state index contributed by atoms with van der Waals surface area (Å²) in [5.74, 6) is 0. The lowest BCUT2D eigenvalue weighted by Crippen LogP contribution is -2.48. The van der Waals surface area contributed by atoms with Crippen LogP contribution in [0.1, 0.15) is 40.0 Å². The summed E-state index contributed by atoms with van der Waals surface area (Å²) in [5.41, 5.74) is 0. The van der Waals surface area contributed by atoms with Crippen LogP contribution in [-0.4, -0.2) is 42.4 Å². The first-order valence-electron chi connectivity index (χ1n) is 5.70. The predicted octanol–water partition coefficient (Wildman–Crippen LogP) is 2.03. The van der Waals surface area contributed by atoms with Gasteiger partial charge in [0.05, 0.1) is 26.2 Å². The highest BCUT2D eigenvalue weighted by Gasteiger charge is 2.20. The summed E-state index contributed by atoms with van der Waals surface area (Å²) in [5, 5.41) is 8.73. The minimum absolute atomic E-state index is 0.347. The highest BCUT2D eigenvalue weighted by atomic mass is 16.2. The van der Waals surface area contributed by atoms with E-state index in [1.807, 2.05) is 0 Å². The molecule has 0 fully saturated rings. The summed E-state index contributed by atoms with van der Waals surface area (Å²) in [4.78, 5) is 0. The average molecular weight is 188 g/mol. The zero-order valence-corrected chi connectivity index (χ0v) is 9.55. The van der Waals surface area contributed by atoms with E-state index in [1.54, 1.807) is 0 Å². The fourth-order valence-corrected chi connectivity index (χ4v) is 2.00. The molecule has 0 aromatic rings. The van der Waals surface area contributed by atoms with E-state index in [2.05, 4.69) is 20.8 Å². The SMILES string of the molecule is CCC[N+](CC)(CC)CCCCO. The lowest BCUT2D eigenvalue weighted by molar-refractivity contribution is -0.925. The molecule has 2 nitrogen and oxygen atoms in total. The molecule has 0 aliphatic carbocycles. The molecule has 0 aromatic heterocycles. The van der Waals surface area contributed by atoms with Gasteiger partial charge in [-0.3, -0.25) is 0 Å². The van der Waals surface area contributed by atoms with Gasteiger partial charge in [0.15, 0.2) is 0 Å². The number of rotatable bonds is 8. The van der Waals surface area contributed by atoms with Crippen molar-refractivity contribution in [3.05, 3.63) is 0 Å². The van der Waals surface area contributed by atoms with Crippen molar-refractivity contribution in [2.45, 2.75) is 40.0 Å². The molecule has 0 heterocycles. The van der Waals surface area contributed by atoms with Crippen LogP contribution in [0.25, 0.3) is 0 Å². The van der Waals surface area contributed by atoms with Gasteiger partial charge in [-0.2, -0.15) is 0 Å². The number of nitrogens with zero attached hydrogens (tertiary/aromatic N) is 1. The topological polar surface area (TPSA) is 20.2 Å². The van der Waals surface area contributed by atoms with Crippen molar-refractivity contribution in [1.82, 2.24) is 0 Å². The van der Waals surface area contributed by atoms with E-state index >= 15 is 0 Å². The van der Waals surface area contributed by atoms with Gasteiger partial charge in [0.2, 0.25) is 0 Å². The number of aliphatic hydroxyl groups is 1. The van der Waals surface area contributed by atoms with Crippen LogP contribution in [0, 0.1) is 0 Å². The van der Waals surface area contributed by atoms with Gasteiger partial charge in [-0.05, 0) is 33.1 Å².